The van der Waals surface area contributed by atoms with Crippen molar-refractivity contribution in [1.29, 1.82) is 0 Å². The Morgan fingerprint density at radius 1 is 1.58 bits per heavy atom. The molecule has 1 aliphatic rings. The van der Waals surface area contributed by atoms with Gasteiger partial charge in [-0.05, 0) is 25.0 Å². The molecule has 0 amide bonds. The lowest BCUT2D eigenvalue weighted by atomic mass is 9.63. The molecule has 1 aromatic rings. The van der Waals surface area contributed by atoms with E-state index in [1.54, 1.807) is 6.07 Å². The molecule has 0 radical (unpaired) electrons. The van der Waals surface area contributed by atoms with Gasteiger partial charge < -0.3 is 9.84 Å². The second kappa shape index (κ2) is 4.81. The molecule has 0 aromatic heterocycles. The van der Waals surface area contributed by atoms with Crippen LogP contribution in [0, 0.1) is 22.5 Å². The van der Waals surface area contributed by atoms with Gasteiger partial charge in [0.1, 0.15) is 11.9 Å². The summed E-state index contributed by atoms with van der Waals surface area (Å²) in [7, 11) is 0. The molecule has 1 aliphatic carbocycles. The fourth-order valence-electron chi connectivity index (χ4n) is 2.42. The van der Waals surface area contributed by atoms with Crippen molar-refractivity contribution in [2.75, 3.05) is 0 Å². The Morgan fingerprint density at radius 3 is 2.79 bits per heavy atom. The predicted octanol–water partition coefficient (Wildman–Crippen LogP) is 2.83. The molecule has 1 N–H and O–H groups in total. The van der Waals surface area contributed by atoms with Gasteiger partial charge in [0, 0.05) is 17.9 Å². The molecule has 0 saturated heterocycles. The van der Waals surface area contributed by atoms with Crippen LogP contribution in [-0.4, -0.2) is 22.2 Å². The first-order valence-corrected chi connectivity index (χ1v) is 6.48. The third kappa shape index (κ3) is 2.30. The van der Waals surface area contributed by atoms with Crippen LogP contribution in [0.15, 0.2) is 18.2 Å². The monoisotopic (exact) mass is 265 g/mol. The van der Waals surface area contributed by atoms with E-state index in [9.17, 15) is 15.2 Å². The van der Waals surface area contributed by atoms with Crippen LogP contribution in [0.5, 0.6) is 5.75 Å². The summed E-state index contributed by atoms with van der Waals surface area (Å²) < 4.78 is 5.88. The summed E-state index contributed by atoms with van der Waals surface area (Å²) in [5.41, 5.74) is 0.626. The third-order valence-electron chi connectivity index (χ3n) is 4.35. The Bertz CT molecular complexity index is 502. The van der Waals surface area contributed by atoms with Crippen molar-refractivity contribution >= 4 is 5.69 Å². The molecule has 1 fully saturated rings. The average Bonchev–Trinajstić information content (AvgIpc) is 2.39. The maximum atomic E-state index is 10.8. The van der Waals surface area contributed by atoms with Crippen LogP contribution in [0.25, 0.3) is 0 Å². The van der Waals surface area contributed by atoms with Crippen molar-refractivity contribution in [3.63, 3.8) is 0 Å². The molecular weight excluding hydrogens is 246 g/mol. The van der Waals surface area contributed by atoms with Crippen molar-refractivity contribution in [2.24, 2.45) is 5.41 Å². The normalized spacial score (nSPS) is 29.7. The van der Waals surface area contributed by atoms with Crippen molar-refractivity contribution in [2.45, 2.75) is 45.8 Å². The van der Waals surface area contributed by atoms with Crippen molar-refractivity contribution in [3.05, 3.63) is 33.9 Å². The third-order valence-corrected chi connectivity index (χ3v) is 4.35. The van der Waals surface area contributed by atoms with Gasteiger partial charge in [0.25, 0.3) is 5.69 Å². The number of ether oxygens (including phenoxy) is 1. The first-order valence-electron chi connectivity index (χ1n) is 6.48. The number of nitro benzene ring substituents is 1. The molecule has 0 spiro atoms. The lowest BCUT2D eigenvalue weighted by Crippen LogP contribution is -2.57. The fourth-order valence-corrected chi connectivity index (χ4v) is 2.42. The van der Waals surface area contributed by atoms with Crippen molar-refractivity contribution in [1.82, 2.24) is 0 Å². The minimum absolute atomic E-state index is 0.0265. The van der Waals surface area contributed by atoms with E-state index >= 15 is 0 Å². The van der Waals surface area contributed by atoms with E-state index in [2.05, 4.69) is 0 Å². The van der Waals surface area contributed by atoms with Crippen LogP contribution >= 0.6 is 0 Å². The Morgan fingerprint density at radius 2 is 2.26 bits per heavy atom. The van der Waals surface area contributed by atoms with Gasteiger partial charge in [0.15, 0.2) is 0 Å². The Balaban J connectivity index is 2.20. The van der Waals surface area contributed by atoms with Crippen LogP contribution in [0.4, 0.5) is 5.69 Å². The summed E-state index contributed by atoms with van der Waals surface area (Å²) in [5, 5.41) is 20.6. The zero-order valence-electron chi connectivity index (χ0n) is 11.4. The number of non-ortho nitro benzene ring substituents is 1. The summed E-state index contributed by atoms with van der Waals surface area (Å²) in [6.07, 6.45) is 0.939. The van der Waals surface area contributed by atoms with Gasteiger partial charge >= 0.3 is 0 Å². The van der Waals surface area contributed by atoms with Crippen LogP contribution in [0.1, 0.15) is 32.3 Å². The van der Waals surface area contributed by atoms with Crippen LogP contribution in [-0.2, 0) is 0 Å². The van der Waals surface area contributed by atoms with E-state index in [0.29, 0.717) is 12.2 Å². The summed E-state index contributed by atoms with van der Waals surface area (Å²) in [6.45, 7) is 5.86. The standard InChI is InChI=1S/C14H19NO4/c1-4-14(3)12(16)8-13(14)19-11-7-10(15(17)18)6-5-9(11)2/h5-7,12-13,16H,4,8H2,1-3H3. The number of nitro groups is 1. The lowest BCUT2D eigenvalue weighted by molar-refractivity contribution is -0.385. The zero-order chi connectivity index (χ0) is 14.2. The molecule has 104 valence electrons. The summed E-state index contributed by atoms with van der Waals surface area (Å²) in [5.74, 6) is 0.533. The molecule has 0 bridgehead atoms. The maximum Gasteiger partial charge on any atom is 0.273 e. The van der Waals surface area contributed by atoms with Gasteiger partial charge in [-0.25, -0.2) is 0 Å². The number of rotatable bonds is 4. The Kier molecular flexibility index (Phi) is 3.49. The second-order valence-electron chi connectivity index (χ2n) is 5.42. The molecule has 3 atom stereocenters. The molecule has 1 saturated carbocycles. The maximum absolute atomic E-state index is 10.8. The van der Waals surface area contributed by atoms with E-state index in [0.717, 1.165) is 12.0 Å². The van der Waals surface area contributed by atoms with Gasteiger partial charge in [0.2, 0.25) is 0 Å². The SMILES string of the molecule is CCC1(C)C(O)CC1Oc1cc([N+](=O)[O-])ccc1C. The van der Waals surface area contributed by atoms with E-state index in [-0.39, 0.29) is 23.3 Å². The number of aliphatic hydroxyl groups excluding tert-OH is 1. The first kappa shape index (κ1) is 13.8. The summed E-state index contributed by atoms with van der Waals surface area (Å²) in [6, 6.07) is 4.61. The highest BCUT2D eigenvalue weighted by Gasteiger charge is 2.51. The topological polar surface area (TPSA) is 72.6 Å². The van der Waals surface area contributed by atoms with Crippen LogP contribution in [0.3, 0.4) is 0 Å². The highest BCUT2D eigenvalue weighted by Crippen LogP contribution is 2.46. The number of nitrogens with zero attached hydrogens (tertiary/aromatic N) is 1. The molecule has 2 rings (SSSR count). The second-order valence-corrected chi connectivity index (χ2v) is 5.42. The molecule has 1 aromatic carbocycles. The van der Waals surface area contributed by atoms with Gasteiger partial charge in [-0.2, -0.15) is 0 Å². The van der Waals surface area contributed by atoms with Gasteiger partial charge in [-0.3, -0.25) is 10.1 Å². The lowest BCUT2D eigenvalue weighted by Gasteiger charge is -2.50. The molecule has 0 aliphatic heterocycles. The molecule has 19 heavy (non-hydrogen) atoms. The molecular formula is C14H19NO4. The minimum Gasteiger partial charge on any atom is -0.489 e. The predicted molar refractivity (Wildman–Crippen MR) is 71.3 cm³/mol. The minimum atomic E-state index is -0.430. The van der Waals surface area contributed by atoms with Gasteiger partial charge in [0.05, 0.1) is 17.1 Å². The number of hydrogen-bond acceptors (Lipinski definition) is 4. The summed E-state index contributed by atoms with van der Waals surface area (Å²) >= 11 is 0. The Hall–Kier alpha value is -1.62. The number of hydrogen-bond donors (Lipinski definition) is 1. The van der Waals surface area contributed by atoms with E-state index in [1.165, 1.54) is 12.1 Å². The molecule has 0 heterocycles. The largest absolute Gasteiger partial charge is 0.489 e. The molecule has 5 nitrogen and oxygen atoms in total. The molecule has 3 unspecified atom stereocenters. The quantitative estimate of drug-likeness (QED) is 0.671. The van der Waals surface area contributed by atoms with Crippen molar-refractivity contribution < 1.29 is 14.8 Å². The van der Waals surface area contributed by atoms with Crippen LogP contribution < -0.4 is 4.74 Å². The van der Waals surface area contributed by atoms with Gasteiger partial charge in [-0.15, -0.1) is 0 Å². The van der Waals surface area contributed by atoms with E-state index in [1.807, 2.05) is 20.8 Å². The van der Waals surface area contributed by atoms with Crippen LogP contribution in [0.2, 0.25) is 0 Å². The van der Waals surface area contributed by atoms with Gasteiger partial charge in [-0.1, -0.05) is 13.8 Å². The van der Waals surface area contributed by atoms with E-state index < -0.39 is 4.92 Å². The van der Waals surface area contributed by atoms with E-state index in [4.69, 9.17) is 4.74 Å². The first-order chi connectivity index (χ1) is 8.88. The highest BCUT2D eigenvalue weighted by atomic mass is 16.6. The smallest absolute Gasteiger partial charge is 0.273 e. The fraction of sp³-hybridized carbons (Fsp3) is 0.571. The highest BCUT2D eigenvalue weighted by molar-refractivity contribution is 5.44. The molecule has 5 heteroatoms. The zero-order valence-corrected chi connectivity index (χ0v) is 11.4. The Labute approximate surface area is 112 Å². The average molecular weight is 265 g/mol. The number of benzene rings is 1. The number of aliphatic hydroxyl groups is 1. The summed E-state index contributed by atoms with van der Waals surface area (Å²) in [4.78, 5) is 10.3. The number of aryl methyl sites for hydroxylation is 1. The van der Waals surface area contributed by atoms with Crippen molar-refractivity contribution in [3.8, 4) is 5.75 Å².